The van der Waals surface area contributed by atoms with Gasteiger partial charge in [-0.05, 0) is 12.6 Å². The van der Waals surface area contributed by atoms with Crippen molar-refractivity contribution in [2.45, 2.75) is 6.42 Å². The molecule has 0 heterocycles. The summed E-state index contributed by atoms with van der Waals surface area (Å²) in [6.07, 6.45) is 2.61. The van der Waals surface area contributed by atoms with Crippen LogP contribution in [0.5, 0.6) is 0 Å². The van der Waals surface area contributed by atoms with E-state index in [9.17, 15) is 0 Å². The molecule has 0 saturated heterocycles. The molecule has 0 aliphatic heterocycles. The van der Waals surface area contributed by atoms with Crippen LogP contribution in [0.1, 0.15) is 6.42 Å². The molecule has 0 aromatic carbocycles. The van der Waals surface area contributed by atoms with Crippen molar-refractivity contribution >= 4 is 38.7 Å². The first kappa shape index (κ1) is 7.39. The Balaban J connectivity index is 2.34. The molecule has 0 aliphatic carbocycles. The standard InChI is InChI=1S/C3H7Br2P/c4-2-1-3-6-5/h6H,1-3H2. The van der Waals surface area contributed by atoms with E-state index in [-0.39, 0.29) is 0 Å². The van der Waals surface area contributed by atoms with Crippen molar-refractivity contribution < 1.29 is 0 Å². The summed E-state index contributed by atoms with van der Waals surface area (Å²) in [6.45, 7) is 0. The minimum atomic E-state index is 0.947. The van der Waals surface area contributed by atoms with Crippen molar-refractivity contribution in [2.24, 2.45) is 0 Å². The highest BCUT2D eigenvalue weighted by Crippen LogP contribution is 2.19. The summed E-state index contributed by atoms with van der Waals surface area (Å²) in [5.74, 6) is 0. The van der Waals surface area contributed by atoms with Crippen molar-refractivity contribution in [1.29, 1.82) is 0 Å². The van der Waals surface area contributed by atoms with Gasteiger partial charge in [-0.3, -0.25) is 0 Å². The van der Waals surface area contributed by atoms with E-state index in [1.165, 1.54) is 12.6 Å². The third-order valence-electron chi connectivity index (χ3n) is 0.405. The van der Waals surface area contributed by atoms with Crippen LogP contribution in [0.3, 0.4) is 0 Å². The lowest BCUT2D eigenvalue weighted by Crippen LogP contribution is -1.71. The summed E-state index contributed by atoms with van der Waals surface area (Å²) >= 11 is 6.69. The van der Waals surface area contributed by atoms with E-state index >= 15 is 0 Å². The topological polar surface area (TPSA) is 0 Å². The molecule has 6 heavy (non-hydrogen) atoms. The van der Waals surface area contributed by atoms with Crippen LogP contribution in [-0.4, -0.2) is 11.5 Å². The van der Waals surface area contributed by atoms with Gasteiger partial charge >= 0.3 is 0 Å². The maximum atomic E-state index is 3.36. The summed E-state index contributed by atoms with van der Waals surface area (Å²) in [5.41, 5.74) is 0. The first-order valence-corrected chi connectivity index (χ1v) is 6.40. The van der Waals surface area contributed by atoms with Gasteiger partial charge in [0.1, 0.15) is 0 Å². The van der Waals surface area contributed by atoms with Crippen LogP contribution in [-0.2, 0) is 0 Å². The molecule has 0 fully saturated rings. The van der Waals surface area contributed by atoms with Gasteiger partial charge in [0.15, 0.2) is 0 Å². The zero-order valence-electron chi connectivity index (χ0n) is 3.38. The number of rotatable bonds is 3. The Morgan fingerprint density at radius 3 is 2.33 bits per heavy atom. The quantitative estimate of drug-likeness (QED) is 0.400. The lowest BCUT2D eigenvalue weighted by molar-refractivity contribution is 1.14. The van der Waals surface area contributed by atoms with Crippen molar-refractivity contribution in [3.8, 4) is 0 Å². The molecule has 0 radical (unpaired) electrons. The SMILES string of the molecule is BrCCCPBr. The van der Waals surface area contributed by atoms with E-state index in [1.807, 2.05) is 0 Å². The molecule has 0 saturated carbocycles. The molecule has 0 aromatic rings. The molecule has 0 N–H and O–H groups in total. The molecule has 0 bridgehead atoms. The molecular formula is C3H7Br2P. The predicted molar refractivity (Wildman–Crippen MR) is 40.5 cm³/mol. The minimum absolute atomic E-state index is 0.947. The Hall–Kier alpha value is 1.39. The normalized spacial score (nSPS) is 11.0. The summed E-state index contributed by atoms with van der Waals surface area (Å²) in [6, 6.07) is 0. The molecule has 0 rings (SSSR count). The Labute approximate surface area is 56.7 Å². The molecule has 0 aliphatic rings. The molecule has 0 nitrogen and oxygen atoms in total. The molecule has 1 unspecified atom stereocenters. The molecule has 1 atom stereocenters. The Morgan fingerprint density at radius 2 is 2.17 bits per heavy atom. The van der Waals surface area contributed by atoms with E-state index in [2.05, 4.69) is 31.4 Å². The van der Waals surface area contributed by atoms with Crippen molar-refractivity contribution in [3.05, 3.63) is 0 Å². The van der Waals surface area contributed by atoms with Gasteiger partial charge in [0, 0.05) is 5.33 Å². The third-order valence-corrected chi connectivity index (χ3v) is 2.70. The van der Waals surface area contributed by atoms with Gasteiger partial charge in [0.05, 0.1) is 0 Å². The fraction of sp³-hybridized carbons (Fsp3) is 1.00. The summed E-state index contributed by atoms with van der Waals surface area (Å²) in [4.78, 5) is 0. The number of hydrogen-bond acceptors (Lipinski definition) is 0. The van der Waals surface area contributed by atoms with Gasteiger partial charge in [0.25, 0.3) is 0 Å². The lowest BCUT2D eigenvalue weighted by atomic mass is 10.6. The van der Waals surface area contributed by atoms with Crippen LogP contribution in [0.15, 0.2) is 0 Å². The largest absolute Gasteiger partial charge is 0.0928 e. The highest BCUT2D eigenvalue weighted by atomic mass is 79.9. The number of alkyl halides is 1. The molecule has 0 spiro atoms. The second-order valence-electron chi connectivity index (χ2n) is 0.926. The predicted octanol–water partition coefficient (Wildman–Crippen LogP) is 2.76. The Kier molecular flexibility index (Phi) is 7.87. The maximum Gasteiger partial charge on any atom is 0.00348 e. The molecule has 38 valence electrons. The maximum absolute atomic E-state index is 3.36. The zero-order valence-corrected chi connectivity index (χ0v) is 7.55. The summed E-state index contributed by atoms with van der Waals surface area (Å²) in [7, 11) is 0.947. The average molecular weight is 234 g/mol. The summed E-state index contributed by atoms with van der Waals surface area (Å²) in [5, 5.41) is 1.14. The smallest absolute Gasteiger partial charge is 0.00348 e. The van der Waals surface area contributed by atoms with E-state index in [0.29, 0.717) is 0 Å². The van der Waals surface area contributed by atoms with E-state index in [1.54, 1.807) is 0 Å². The van der Waals surface area contributed by atoms with Gasteiger partial charge in [0.2, 0.25) is 0 Å². The van der Waals surface area contributed by atoms with Crippen LogP contribution in [0.2, 0.25) is 0 Å². The fourth-order valence-electron chi connectivity index (χ4n) is 0.134. The van der Waals surface area contributed by atoms with Gasteiger partial charge in [-0.25, -0.2) is 0 Å². The minimum Gasteiger partial charge on any atom is -0.0928 e. The molecule has 0 amide bonds. The molecule has 0 aromatic heterocycles. The fourth-order valence-corrected chi connectivity index (χ4v) is 2.08. The van der Waals surface area contributed by atoms with Crippen LogP contribution in [0.4, 0.5) is 0 Å². The second kappa shape index (κ2) is 6.39. The molecule has 3 heteroatoms. The Morgan fingerprint density at radius 1 is 1.50 bits per heavy atom. The van der Waals surface area contributed by atoms with Gasteiger partial charge in [-0.15, -0.1) is 0 Å². The summed E-state index contributed by atoms with van der Waals surface area (Å²) < 4.78 is 0. The zero-order chi connectivity index (χ0) is 4.83. The van der Waals surface area contributed by atoms with Gasteiger partial charge < -0.3 is 0 Å². The monoisotopic (exact) mass is 232 g/mol. The van der Waals surface area contributed by atoms with Gasteiger partial charge in [-0.2, -0.15) is 0 Å². The van der Waals surface area contributed by atoms with Crippen LogP contribution in [0, 0.1) is 0 Å². The van der Waals surface area contributed by atoms with Crippen LogP contribution >= 0.6 is 38.7 Å². The van der Waals surface area contributed by atoms with E-state index in [0.717, 1.165) is 12.6 Å². The van der Waals surface area contributed by atoms with Crippen molar-refractivity contribution in [2.75, 3.05) is 11.5 Å². The lowest BCUT2D eigenvalue weighted by Gasteiger charge is -1.84. The highest BCUT2D eigenvalue weighted by molar-refractivity contribution is 9.36. The van der Waals surface area contributed by atoms with E-state index < -0.39 is 0 Å². The Bertz CT molecular complexity index is 20.8. The van der Waals surface area contributed by atoms with Crippen LogP contribution in [0.25, 0.3) is 0 Å². The highest BCUT2D eigenvalue weighted by Gasteiger charge is 1.77. The average Bonchev–Trinajstić information content (AvgIpc) is 1.61. The van der Waals surface area contributed by atoms with Crippen molar-refractivity contribution in [3.63, 3.8) is 0 Å². The second-order valence-corrected chi connectivity index (χ2v) is 4.17. The third kappa shape index (κ3) is 5.39. The molecular weight excluding hydrogens is 227 g/mol. The van der Waals surface area contributed by atoms with Crippen LogP contribution < -0.4 is 0 Å². The number of halogens is 2. The van der Waals surface area contributed by atoms with Crippen molar-refractivity contribution in [1.82, 2.24) is 0 Å². The first-order chi connectivity index (χ1) is 2.91. The van der Waals surface area contributed by atoms with E-state index in [4.69, 9.17) is 0 Å². The number of hydrogen-bond donors (Lipinski definition) is 0. The first-order valence-electron chi connectivity index (χ1n) is 1.81. The van der Waals surface area contributed by atoms with Gasteiger partial charge in [-0.1, -0.05) is 38.7 Å².